The van der Waals surface area contributed by atoms with Crippen LogP contribution in [0.5, 0.6) is 5.88 Å². The lowest BCUT2D eigenvalue weighted by atomic mass is 9.94. The van der Waals surface area contributed by atoms with Gasteiger partial charge in [0.25, 0.3) is 5.88 Å². The number of methoxy groups -OCH3 is 1. The normalized spacial score (nSPS) is 11.8. The first kappa shape index (κ1) is 9.03. The molecule has 0 N–H and O–H groups in total. The van der Waals surface area contributed by atoms with Crippen molar-refractivity contribution in [2.75, 3.05) is 7.11 Å². The minimum absolute atomic E-state index is 0.222. The standard InChI is InChI=1S/C8H12FNO2/c1-8(2,3)5-6(11-4)10-7(9)12-5/h1-4H3. The third kappa shape index (κ3) is 1.57. The van der Waals surface area contributed by atoms with Gasteiger partial charge < -0.3 is 9.15 Å². The molecule has 0 spiro atoms. The number of oxazole rings is 1. The summed E-state index contributed by atoms with van der Waals surface area (Å²) in [5, 5.41) is 0. The summed E-state index contributed by atoms with van der Waals surface area (Å²) in [5.74, 6) is 0.655. The van der Waals surface area contributed by atoms with Crippen molar-refractivity contribution in [2.45, 2.75) is 26.2 Å². The molecule has 0 fully saturated rings. The van der Waals surface area contributed by atoms with Crippen LogP contribution in [0.25, 0.3) is 0 Å². The van der Waals surface area contributed by atoms with Gasteiger partial charge in [-0.05, 0) is 0 Å². The van der Waals surface area contributed by atoms with Gasteiger partial charge in [0.15, 0.2) is 5.76 Å². The van der Waals surface area contributed by atoms with Crippen LogP contribution in [0.1, 0.15) is 26.5 Å². The highest BCUT2D eigenvalue weighted by molar-refractivity contribution is 5.21. The van der Waals surface area contributed by atoms with E-state index in [0.717, 1.165) is 0 Å². The van der Waals surface area contributed by atoms with Crippen molar-refractivity contribution >= 4 is 0 Å². The van der Waals surface area contributed by atoms with Crippen LogP contribution in [0.2, 0.25) is 0 Å². The van der Waals surface area contributed by atoms with Crippen LogP contribution in [0, 0.1) is 6.14 Å². The molecular formula is C8H12FNO2. The molecule has 0 bridgehead atoms. The molecule has 0 unspecified atom stereocenters. The molecule has 0 atom stereocenters. The van der Waals surface area contributed by atoms with Crippen molar-refractivity contribution in [3.05, 3.63) is 11.9 Å². The second-order valence-electron chi connectivity index (χ2n) is 3.56. The topological polar surface area (TPSA) is 35.3 Å². The van der Waals surface area contributed by atoms with E-state index in [4.69, 9.17) is 9.15 Å². The lowest BCUT2D eigenvalue weighted by Crippen LogP contribution is -2.11. The molecule has 0 aromatic carbocycles. The van der Waals surface area contributed by atoms with Gasteiger partial charge in [-0.25, -0.2) is 0 Å². The van der Waals surface area contributed by atoms with Crippen molar-refractivity contribution in [3.63, 3.8) is 0 Å². The molecule has 0 amide bonds. The van der Waals surface area contributed by atoms with Crippen molar-refractivity contribution in [1.29, 1.82) is 0 Å². The van der Waals surface area contributed by atoms with E-state index in [0.29, 0.717) is 5.76 Å². The Morgan fingerprint density at radius 1 is 1.42 bits per heavy atom. The summed E-state index contributed by atoms with van der Waals surface area (Å²) in [6.45, 7) is 5.69. The van der Waals surface area contributed by atoms with E-state index >= 15 is 0 Å². The van der Waals surface area contributed by atoms with Gasteiger partial charge in [0.2, 0.25) is 0 Å². The number of hydrogen-bond acceptors (Lipinski definition) is 3. The monoisotopic (exact) mass is 173 g/mol. The lowest BCUT2D eigenvalue weighted by Gasteiger charge is -2.14. The van der Waals surface area contributed by atoms with Gasteiger partial charge in [-0.15, -0.1) is 9.37 Å². The molecule has 1 heterocycles. The van der Waals surface area contributed by atoms with Crippen LogP contribution in [0.4, 0.5) is 4.39 Å². The fraction of sp³-hybridized carbons (Fsp3) is 0.625. The molecule has 1 aromatic heterocycles. The van der Waals surface area contributed by atoms with Gasteiger partial charge in [-0.2, -0.15) is 0 Å². The first-order valence-corrected chi connectivity index (χ1v) is 3.66. The molecule has 0 saturated heterocycles. The Hall–Kier alpha value is -1.06. The Labute approximate surface area is 70.5 Å². The van der Waals surface area contributed by atoms with E-state index in [1.54, 1.807) is 0 Å². The van der Waals surface area contributed by atoms with E-state index in [1.807, 2.05) is 20.8 Å². The number of aromatic nitrogens is 1. The van der Waals surface area contributed by atoms with Crippen molar-refractivity contribution < 1.29 is 13.5 Å². The predicted molar refractivity (Wildman–Crippen MR) is 41.7 cm³/mol. The fourth-order valence-electron chi connectivity index (χ4n) is 0.894. The molecule has 1 rings (SSSR count). The maximum Gasteiger partial charge on any atom is 0.385 e. The summed E-state index contributed by atoms with van der Waals surface area (Å²) < 4.78 is 22.2. The van der Waals surface area contributed by atoms with E-state index < -0.39 is 6.14 Å². The summed E-state index contributed by atoms with van der Waals surface area (Å²) in [7, 11) is 1.44. The Kier molecular flexibility index (Phi) is 2.08. The molecule has 3 nitrogen and oxygen atoms in total. The molecule has 1 aromatic rings. The zero-order chi connectivity index (χ0) is 9.35. The first-order chi connectivity index (χ1) is 5.45. The maximum atomic E-state index is 12.5. The summed E-state index contributed by atoms with van der Waals surface area (Å²) in [5.41, 5.74) is -0.289. The van der Waals surface area contributed by atoms with Gasteiger partial charge in [0, 0.05) is 5.41 Å². The summed E-state index contributed by atoms with van der Waals surface area (Å²) in [6.07, 6.45) is -0.850. The smallest absolute Gasteiger partial charge is 0.385 e. The van der Waals surface area contributed by atoms with E-state index in [-0.39, 0.29) is 11.3 Å². The van der Waals surface area contributed by atoms with Crippen LogP contribution in [-0.2, 0) is 5.41 Å². The number of ether oxygens (including phenoxy) is 1. The van der Waals surface area contributed by atoms with Crippen LogP contribution in [0.3, 0.4) is 0 Å². The number of rotatable bonds is 1. The SMILES string of the molecule is COc1nc(F)oc1C(C)(C)C. The highest BCUT2D eigenvalue weighted by Gasteiger charge is 2.26. The van der Waals surface area contributed by atoms with E-state index in [1.165, 1.54) is 7.11 Å². The van der Waals surface area contributed by atoms with Crippen molar-refractivity contribution in [3.8, 4) is 5.88 Å². The number of nitrogens with zero attached hydrogens (tertiary/aromatic N) is 1. The molecule has 0 aliphatic carbocycles. The Morgan fingerprint density at radius 3 is 2.33 bits per heavy atom. The molecule has 0 radical (unpaired) electrons. The lowest BCUT2D eigenvalue weighted by molar-refractivity contribution is 0.285. The highest BCUT2D eigenvalue weighted by Crippen LogP contribution is 2.30. The van der Waals surface area contributed by atoms with Gasteiger partial charge in [-0.1, -0.05) is 20.8 Å². The molecule has 4 heteroatoms. The van der Waals surface area contributed by atoms with Crippen LogP contribution in [-0.4, -0.2) is 12.1 Å². The molecular weight excluding hydrogens is 161 g/mol. The zero-order valence-electron chi connectivity index (χ0n) is 7.64. The van der Waals surface area contributed by atoms with Crippen LogP contribution < -0.4 is 4.74 Å². The van der Waals surface area contributed by atoms with Crippen LogP contribution in [0.15, 0.2) is 4.42 Å². The van der Waals surface area contributed by atoms with E-state index in [2.05, 4.69) is 4.98 Å². The largest absolute Gasteiger partial charge is 0.478 e. The molecule has 12 heavy (non-hydrogen) atoms. The third-order valence-electron chi connectivity index (χ3n) is 1.44. The first-order valence-electron chi connectivity index (χ1n) is 3.66. The summed E-state index contributed by atoms with van der Waals surface area (Å²) in [4.78, 5) is 3.44. The minimum atomic E-state index is -0.850. The Bertz CT molecular complexity index is 275. The highest BCUT2D eigenvalue weighted by atomic mass is 19.1. The number of hydrogen-bond donors (Lipinski definition) is 0. The fourth-order valence-corrected chi connectivity index (χ4v) is 0.894. The van der Waals surface area contributed by atoms with Crippen molar-refractivity contribution in [1.82, 2.24) is 4.98 Å². The average Bonchev–Trinajstić information content (AvgIpc) is 2.29. The van der Waals surface area contributed by atoms with E-state index in [9.17, 15) is 4.39 Å². The predicted octanol–water partition coefficient (Wildman–Crippen LogP) is 2.12. The summed E-state index contributed by atoms with van der Waals surface area (Å²) >= 11 is 0. The quantitative estimate of drug-likeness (QED) is 0.652. The molecule has 0 aliphatic heterocycles. The molecule has 0 aliphatic rings. The van der Waals surface area contributed by atoms with Gasteiger partial charge in [0.1, 0.15) is 0 Å². The van der Waals surface area contributed by atoms with Gasteiger partial charge in [-0.3, -0.25) is 0 Å². The van der Waals surface area contributed by atoms with Gasteiger partial charge in [0.05, 0.1) is 7.11 Å². The number of halogens is 1. The second kappa shape index (κ2) is 2.77. The maximum absolute atomic E-state index is 12.5. The average molecular weight is 173 g/mol. The Morgan fingerprint density at radius 2 is 2.00 bits per heavy atom. The molecule has 0 saturated carbocycles. The minimum Gasteiger partial charge on any atom is -0.478 e. The van der Waals surface area contributed by atoms with Crippen molar-refractivity contribution in [2.24, 2.45) is 0 Å². The second-order valence-corrected chi connectivity index (χ2v) is 3.56. The van der Waals surface area contributed by atoms with Gasteiger partial charge >= 0.3 is 6.14 Å². The zero-order valence-corrected chi connectivity index (χ0v) is 7.64. The summed E-state index contributed by atoms with van der Waals surface area (Å²) in [6, 6.07) is 0. The molecule has 68 valence electrons. The third-order valence-corrected chi connectivity index (χ3v) is 1.44. The Balaban J connectivity index is 3.13. The van der Waals surface area contributed by atoms with Crippen LogP contribution >= 0.6 is 0 Å².